The Kier molecular flexibility index (Phi) is 5.67. The summed E-state index contributed by atoms with van der Waals surface area (Å²) in [6.45, 7) is 9.04. The zero-order chi connectivity index (χ0) is 23.5. The number of nitrogens with one attached hydrogen (secondary N) is 1. The third-order valence-electron chi connectivity index (χ3n) is 11.1. The van der Waals surface area contributed by atoms with Crippen LogP contribution in [0, 0.1) is 40.4 Å². The Balaban J connectivity index is 1.32. The highest BCUT2D eigenvalue weighted by Crippen LogP contribution is 2.67. The number of ketones is 1. The number of Topliss-reactive ketones (excluding diaryl/α,β-unsaturated/α-hetero) is 1. The number of hydrogen-bond acceptors (Lipinski definition) is 4. The normalized spacial score (nSPS) is 47.2. The van der Waals surface area contributed by atoms with Crippen molar-refractivity contribution in [1.82, 2.24) is 5.32 Å². The van der Waals surface area contributed by atoms with Crippen LogP contribution in [0.25, 0.3) is 0 Å². The van der Waals surface area contributed by atoms with Crippen molar-refractivity contribution in [2.45, 2.75) is 84.2 Å². The zero-order valence-corrected chi connectivity index (χ0v) is 21.3. The smallest absolute Gasteiger partial charge is 0.141 e. The van der Waals surface area contributed by atoms with Crippen molar-refractivity contribution in [3.8, 4) is 0 Å². The lowest BCUT2D eigenvalue weighted by Gasteiger charge is -2.61. The van der Waals surface area contributed by atoms with Crippen LogP contribution in [0.3, 0.4) is 0 Å². The molecule has 4 nitrogen and oxygen atoms in total. The minimum Gasteiger partial charge on any atom is -0.391 e. The molecule has 34 heavy (non-hydrogen) atoms. The summed E-state index contributed by atoms with van der Waals surface area (Å²) < 4.78 is 0. The molecule has 1 heterocycles. The Hall–Kier alpha value is -1.68. The summed E-state index contributed by atoms with van der Waals surface area (Å²) in [5, 5.41) is 8.26. The fourth-order valence-corrected chi connectivity index (χ4v) is 9.35. The first-order valence-electron chi connectivity index (χ1n) is 13.9. The van der Waals surface area contributed by atoms with Gasteiger partial charge in [-0.15, -0.1) is 0 Å². The number of carbonyl (C=O) groups excluding carboxylic acids is 1. The van der Waals surface area contributed by atoms with Crippen LogP contribution >= 0.6 is 0 Å². The maximum atomic E-state index is 13.1. The van der Waals surface area contributed by atoms with Crippen LogP contribution in [0.1, 0.15) is 83.6 Å². The molecule has 5 fully saturated rings. The van der Waals surface area contributed by atoms with Crippen LogP contribution < -0.4 is 5.32 Å². The van der Waals surface area contributed by atoms with Crippen molar-refractivity contribution in [3.63, 3.8) is 0 Å². The topological polar surface area (TPSA) is 50.7 Å². The van der Waals surface area contributed by atoms with E-state index in [1.807, 2.05) is 0 Å². The molecule has 1 N–H and O–H groups in total. The second kappa shape index (κ2) is 8.47. The summed E-state index contributed by atoms with van der Waals surface area (Å²) in [6.07, 6.45) is 9.47. The third kappa shape index (κ3) is 3.42. The van der Waals surface area contributed by atoms with Gasteiger partial charge in [0.2, 0.25) is 0 Å². The fraction of sp³-hybridized carbons (Fsp3) is 0.733. The van der Waals surface area contributed by atoms with Crippen LogP contribution in [-0.4, -0.2) is 30.7 Å². The van der Waals surface area contributed by atoms with Gasteiger partial charge in [-0.1, -0.05) is 56.3 Å². The van der Waals surface area contributed by atoms with Crippen molar-refractivity contribution >= 4 is 11.5 Å². The van der Waals surface area contributed by atoms with Crippen LogP contribution in [0.2, 0.25) is 0 Å². The molecule has 7 unspecified atom stereocenters. The minimum absolute atomic E-state index is 0.0624. The van der Waals surface area contributed by atoms with Crippen molar-refractivity contribution < 1.29 is 9.63 Å². The molecule has 0 spiro atoms. The van der Waals surface area contributed by atoms with E-state index in [0.29, 0.717) is 34.9 Å². The van der Waals surface area contributed by atoms with Gasteiger partial charge in [0, 0.05) is 30.2 Å². The molecule has 0 bridgehead atoms. The second-order valence-electron chi connectivity index (χ2n) is 12.7. The Morgan fingerprint density at radius 3 is 2.59 bits per heavy atom. The molecule has 1 aromatic carbocycles. The van der Waals surface area contributed by atoms with E-state index >= 15 is 0 Å². The summed E-state index contributed by atoms with van der Waals surface area (Å²) >= 11 is 0. The number of oxime groups is 1. The molecule has 4 aliphatic carbocycles. The van der Waals surface area contributed by atoms with Gasteiger partial charge in [-0.2, -0.15) is 0 Å². The lowest BCUT2D eigenvalue weighted by Crippen LogP contribution is -2.55. The van der Waals surface area contributed by atoms with Gasteiger partial charge in [0.1, 0.15) is 11.9 Å². The standard InChI is InChI=1S/C30H42N2O2/c1-19-17-25-22-9-10-24-27(20-7-5-4-6-8-20)26(32-34-21-13-16-31-18-21)12-15-29(24,2)23(22)11-14-30(25,3)28(19)33/h4-8,19,21-25,27,31H,9-18H2,1-3H3/t19?,21?,22?,23?,24?,25?,27?,29-,30+/m1/s1. The summed E-state index contributed by atoms with van der Waals surface area (Å²) in [6, 6.07) is 11.1. The highest BCUT2D eigenvalue weighted by molar-refractivity contribution is 5.92. The summed E-state index contributed by atoms with van der Waals surface area (Å²) in [7, 11) is 0. The predicted molar refractivity (Wildman–Crippen MR) is 136 cm³/mol. The quantitative estimate of drug-likeness (QED) is 0.563. The molecule has 1 aliphatic heterocycles. The molecule has 4 heteroatoms. The molecular formula is C30H42N2O2. The van der Waals surface area contributed by atoms with Gasteiger partial charge in [-0.3, -0.25) is 4.79 Å². The average Bonchev–Trinajstić information content (AvgIpc) is 3.45. The maximum Gasteiger partial charge on any atom is 0.141 e. The van der Waals surface area contributed by atoms with E-state index in [9.17, 15) is 4.79 Å². The highest BCUT2D eigenvalue weighted by atomic mass is 16.6. The first-order valence-corrected chi connectivity index (χ1v) is 13.9. The summed E-state index contributed by atoms with van der Waals surface area (Å²) in [4.78, 5) is 19.2. The number of hydrogen-bond donors (Lipinski definition) is 1. The van der Waals surface area contributed by atoms with Crippen molar-refractivity contribution in [2.24, 2.45) is 45.6 Å². The molecule has 0 radical (unpaired) electrons. The van der Waals surface area contributed by atoms with E-state index in [1.165, 1.54) is 37.0 Å². The van der Waals surface area contributed by atoms with Gasteiger partial charge in [0.25, 0.3) is 0 Å². The van der Waals surface area contributed by atoms with E-state index in [1.54, 1.807) is 0 Å². The van der Waals surface area contributed by atoms with Gasteiger partial charge >= 0.3 is 0 Å². The number of nitrogens with zero attached hydrogens (tertiary/aromatic N) is 1. The molecule has 4 saturated carbocycles. The third-order valence-corrected chi connectivity index (χ3v) is 11.1. The van der Waals surface area contributed by atoms with Gasteiger partial charge in [-0.05, 0) is 86.1 Å². The van der Waals surface area contributed by atoms with E-state index < -0.39 is 0 Å². The van der Waals surface area contributed by atoms with Crippen molar-refractivity contribution in [3.05, 3.63) is 35.9 Å². The maximum absolute atomic E-state index is 13.1. The first-order chi connectivity index (χ1) is 16.4. The van der Waals surface area contributed by atoms with Crippen LogP contribution in [-0.2, 0) is 9.63 Å². The fourth-order valence-electron chi connectivity index (χ4n) is 9.35. The Bertz CT molecular complexity index is 954. The van der Waals surface area contributed by atoms with Crippen LogP contribution in [0.5, 0.6) is 0 Å². The summed E-state index contributed by atoms with van der Waals surface area (Å²) in [5.74, 6) is 3.81. The highest BCUT2D eigenvalue weighted by Gasteiger charge is 2.62. The van der Waals surface area contributed by atoms with Gasteiger partial charge < -0.3 is 10.2 Å². The number of carbonyl (C=O) groups is 1. The van der Waals surface area contributed by atoms with Gasteiger partial charge in [0.05, 0.1) is 5.71 Å². The molecule has 0 amide bonds. The van der Waals surface area contributed by atoms with E-state index in [0.717, 1.165) is 44.7 Å². The van der Waals surface area contributed by atoms with Crippen molar-refractivity contribution in [2.75, 3.05) is 13.1 Å². The molecule has 184 valence electrons. The van der Waals surface area contributed by atoms with Gasteiger partial charge in [-0.25, -0.2) is 0 Å². The first kappa shape index (κ1) is 22.8. The van der Waals surface area contributed by atoms with E-state index in [4.69, 9.17) is 9.99 Å². The Morgan fingerprint density at radius 1 is 1.00 bits per heavy atom. The lowest BCUT2D eigenvalue weighted by atomic mass is 9.43. The second-order valence-corrected chi connectivity index (χ2v) is 12.7. The predicted octanol–water partition coefficient (Wildman–Crippen LogP) is 5.97. The lowest BCUT2D eigenvalue weighted by molar-refractivity contribution is -0.138. The largest absolute Gasteiger partial charge is 0.391 e. The molecule has 9 atom stereocenters. The van der Waals surface area contributed by atoms with Gasteiger partial charge in [0.15, 0.2) is 0 Å². The zero-order valence-electron chi connectivity index (χ0n) is 21.3. The van der Waals surface area contributed by atoms with Crippen LogP contribution in [0.4, 0.5) is 0 Å². The van der Waals surface area contributed by atoms with E-state index in [-0.39, 0.29) is 17.4 Å². The summed E-state index contributed by atoms with van der Waals surface area (Å²) in [5.41, 5.74) is 2.93. The molecule has 1 saturated heterocycles. The average molecular weight is 463 g/mol. The van der Waals surface area contributed by atoms with E-state index in [2.05, 4.69) is 56.4 Å². The number of rotatable bonds is 3. The molecule has 1 aromatic rings. The SMILES string of the molecule is CC1CC2C3CCC4C(c5ccccc5)C(=NOC5CCNC5)CC[C@]4(C)C3CC[C@]2(C)C1=O. The monoisotopic (exact) mass is 462 g/mol. The number of benzene rings is 1. The molecular weight excluding hydrogens is 420 g/mol. The minimum atomic E-state index is -0.0624. The Morgan fingerprint density at radius 2 is 1.82 bits per heavy atom. The molecule has 5 aliphatic rings. The van der Waals surface area contributed by atoms with Crippen LogP contribution in [0.15, 0.2) is 35.5 Å². The molecule has 6 rings (SSSR count). The molecule has 0 aromatic heterocycles. The Labute approximate surface area is 205 Å². The number of fused-ring (bicyclic) bond motifs is 5. The van der Waals surface area contributed by atoms with Crippen molar-refractivity contribution in [1.29, 1.82) is 0 Å².